The molecule has 2 aromatic rings. The van der Waals surface area contributed by atoms with E-state index in [1.807, 2.05) is 26.0 Å². The number of hydrogen-bond acceptors (Lipinski definition) is 2. The standard InChI is InChI=1S/C19H21ClN2O/c1-12-6-8-16(20)11-18(12)22-19(23)13(2)21-17-9-7-14-4-3-5-15(14)10-17/h6-11,13,21H,3-5H2,1-2H3,(H,22,23). The molecule has 1 aliphatic rings. The number of benzene rings is 2. The molecule has 0 spiro atoms. The van der Waals surface area contributed by atoms with Gasteiger partial charge in [0.25, 0.3) is 0 Å². The number of rotatable bonds is 4. The largest absolute Gasteiger partial charge is 0.374 e. The average Bonchev–Trinajstić information content (AvgIpc) is 2.98. The third-order valence-electron chi connectivity index (χ3n) is 4.33. The lowest BCUT2D eigenvalue weighted by Gasteiger charge is -2.17. The molecule has 0 radical (unpaired) electrons. The zero-order valence-corrected chi connectivity index (χ0v) is 14.2. The second-order valence-electron chi connectivity index (χ2n) is 6.15. The molecule has 0 fully saturated rings. The number of aryl methyl sites for hydroxylation is 3. The van der Waals surface area contributed by atoms with Crippen LogP contribution in [0, 0.1) is 6.92 Å². The molecule has 120 valence electrons. The SMILES string of the molecule is Cc1ccc(Cl)cc1NC(=O)C(C)Nc1ccc2c(c1)CCC2. The highest BCUT2D eigenvalue weighted by atomic mass is 35.5. The summed E-state index contributed by atoms with van der Waals surface area (Å²) in [6, 6.07) is 11.5. The summed E-state index contributed by atoms with van der Waals surface area (Å²) in [5, 5.41) is 6.83. The lowest BCUT2D eigenvalue weighted by atomic mass is 10.1. The molecule has 3 rings (SSSR count). The van der Waals surface area contributed by atoms with Gasteiger partial charge in [-0.25, -0.2) is 0 Å². The summed E-state index contributed by atoms with van der Waals surface area (Å²) in [4.78, 5) is 12.4. The Kier molecular flexibility index (Phi) is 4.58. The van der Waals surface area contributed by atoms with Crippen molar-refractivity contribution < 1.29 is 4.79 Å². The number of carbonyl (C=O) groups is 1. The van der Waals surface area contributed by atoms with Crippen LogP contribution in [0.25, 0.3) is 0 Å². The molecule has 1 amide bonds. The zero-order chi connectivity index (χ0) is 16.4. The van der Waals surface area contributed by atoms with Gasteiger partial charge < -0.3 is 10.6 Å². The van der Waals surface area contributed by atoms with Crippen LogP contribution < -0.4 is 10.6 Å². The van der Waals surface area contributed by atoms with Crippen LogP contribution in [0.4, 0.5) is 11.4 Å². The molecular weight excluding hydrogens is 308 g/mol. The molecule has 0 saturated heterocycles. The number of hydrogen-bond donors (Lipinski definition) is 2. The molecule has 23 heavy (non-hydrogen) atoms. The summed E-state index contributed by atoms with van der Waals surface area (Å²) in [6.45, 7) is 3.81. The lowest BCUT2D eigenvalue weighted by Crippen LogP contribution is -2.32. The summed E-state index contributed by atoms with van der Waals surface area (Å²) < 4.78 is 0. The molecule has 1 aliphatic carbocycles. The van der Waals surface area contributed by atoms with Crippen molar-refractivity contribution in [2.75, 3.05) is 10.6 Å². The van der Waals surface area contributed by atoms with Crippen molar-refractivity contribution >= 4 is 28.9 Å². The Morgan fingerprint density at radius 1 is 1.13 bits per heavy atom. The maximum atomic E-state index is 12.4. The third-order valence-corrected chi connectivity index (χ3v) is 4.57. The summed E-state index contributed by atoms with van der Waals surface area (Å²) in [5.74, 6) is -0.0733. The third kappa shape index (κ3) is 3.67. The highest BCUT2D eigenvalue weighted by molar-refractivity contribution is 6.31. The summed E-state index contributed by atoms with van der Waals surface area (Å²) in [6.07, 6.45) is 3.52. The van der Waals surface area contributed by atoms with E-state index in [9.17, 15) is 4.79 Å². The highest BCUT2D eigenvalue weighted by Crippen LogP contribution is 2.25. The Bertz CT molecular complexity index is 742. The Morgan fingerprint density at radius 3 is 2.74 bits per heavy atom. The summed E-state index contributed by atoms with van der Waals surface area (Å²) >= 11 is 6.00. The molecule has 2 aromatic carbocycles. The van der Waals surface area contributed by atoms with E-state index >= 15 is 0 Å². The number of halogens is 1. The average molecular weight is 329 g/mol. The van der Waals surface area contributed by atoms with Gasteiger partial charge in [0, 0.05) is 16.4 Å². The minimum atomic E-state index is -0.326. The topological polar surface area (TPSA) is 41.1 Å². The maximum absolute atomic E-state index is 12.4. The van der Waals surface area contributed by atoms with E-state index in [2.05, 4.69) is 28.8 Å². The van der Waals surface area contributed by atoms with Gasteiger partial charge >= 0.3 is 0 Å². The maximum Gasteiger partial charge on any atom is 0.246 e. The fraction of sp³-hybridized carbons (Fsp3) is 0.316. The summed E-state index contributed by atoms with van der Waals surface area (Å²) in [5.41, 5.74) is 5.57. The molecular formula is C19H21ClN2O. The first-order chi connectivity index (χ1) is 11.0. The van der Waals surface area contributed by atoms with Crippen LogP contribution in [0.5, 0.6) is 0 Å². The van der Waals surface area contributed by atoms with Crippen molar-refractivity contribution in [1.29, 1.82) is 0 Å². The number of nitrogens with one attached hydrogen (secondary N) is 2. The Morgan fingerprint density at radius 2 is 1.91 bits per heavy atom. The minimum absolute atomic E-state index is 0.0733. The van der Waals surface area contributed by atoms with Gasteiger partial charge in [-0.05, 0) is 74.1 Å². The number of carbonyl (C=O) groups excluding carboxylic acids is 1. The zero-order valence-electron chi connectivity index (χ0n) is 13.4. The van der Waals surface area contributed by atoms with Gasteiger partial charge in [0.05, 0.1) is 0 Å². The van der Waals surface area contributed by atoms with E-state index in [-0.39, 0.29) is 11.9 Å². The molecule has 1 unspecified atom stereocenters. The monoisotopic (exact) mass is 328 g/mol. The number of anilines is 2. The molecule has 3 nitrogen and oxygen atoms in total. The van der Waals surface area contributed by atoms with Crippen LogP contribution in [-0.4, -0.2) is 11.9 Å². The van der Waals surface area contributed by atoms with Gasteiger partial charge in [-0.3, -0.25) is 4.79 Å². The minimum Gasteiger partial charge on any atom is -0.374 e. The van der Waals surface area contributed by atoms with Crippen molar-refractivity contribution in [2.24, 2.45) is 0 Å². The highest BCUT2D eigenvalue weighted by Gasteiger charge is 2.16. The molecule has 0 aromatic heterocycles. The van der Waals surface area contributed by atoms with Crippen LogP contribution in [0.2, 0.25) is 5.02 Å². The molecule has 4 heteroatoms. The van der Waals surface area contributed by atoms with Crippen LogP contribution in [0.1, 0.15) is 30.0 Å². The first kappa shape index (κ1) is 15.9. The lowest BCUT2D eigenvalue weighted by molar-refractivity contribution is -0.116. The fourth-order valence-electron chi connectivity index (χ4n) is 2.95. The smallest absolute Gasteiger partial charge is 0.246 e. The van der Waals surface area contributed by atoms with Gasteiger partial charge in [-0.1, -0.05) is 23.7 Å². The van der Waals surface area contributed by atoms with Crippen molar-refractivity contribution in [3.63, 3.8) is 0 Å². The first-order valence-electron chi connectivity index (χ1n) is 7.98. The molecule has 1 atom stereocenters. The summed E-state index contributed by atoms with van der Waals surface area (Å²) in [7, 11) is 0. The van der Waals surface area contributed by atoms with Crippen molar-refractivity contribution in [3.05, 3.63) is 58.1 Å². The van der Waals surface area contributed by atoms with E-state index in [1.165, 1.54) is 24.0 Å². The van der Waals surface area contributed by atoms with Gasteiger partial charge in [0.1, 0.15) is 6.04 Å². The van der Waals surface area contributed by atoms with E-state index in [0.717, 1.165) is 23.4 Å². The molecule has 0 saturated carbocycles. The normalized spacial score (nSPS) is 14.2. The van der Waals surface area contributed by atoms with Crippen molar-refractivity contribution in [1.82, 2.24) is 0 Å². The Hall–Kier alpha value is -2.00. The molecule has 0 bridgehead atoms. The Balaban J connectivity index is 1.67. The van der Waals surface area contributed by atoms with Gasteiger partial charge in [-0.2, -0.15) is 0 Å². The second-order valence-corrected chi connectivity index (χ2v) is 6.59. The fourth-order valence-corrected chi connectivity index (χ4v) is 3.12. The number of amides is 1. The first-order valence-corrected chi connectivity index (χ1v) is 8.36. The van der Waals surface area contributed by atoms with Crippen LogP contribution in [0.3, 0.4) is 0 Å². The van der Waals surface area contributed by atoms with Gasteiger partial charge in [-0.15, -0.1) is 0 Å². The van der Waals surface area contributed by atoms with Crippen molar-refractivity contribution in [3.8, 4) is 0 Å². The molecule has 0 aliphatic heterocycles. The van der Waals surface area contributed by atoms with E-state index in [0.29, 0.717) is 5.02 Å². The molecule has 2 N–H and O–H groups in total. The predicted octanol–water partition coefficient (Wildman–Crippen LogP) is 4.58. The predicted molar refractivity (Wildman–Crippen MR) is 96.4 cm³/mol. The van der Waals surface area contributed by atoms with Gasteiger partial charge in [0.2, 0.25) is 5.91 Å². The number of fused-ring (bicyclic) bond motifs is 1. The molecule has 0 heterocycles. The van der Waals surface area contributed by atoms with Crippen LogP contribution in [-0.2, 0) is 17.6 Å². The van der Waals surface area contributed by atoms with E-state index in [4.69, 9.17) is 11.6 Å². The van der Waals surface area contributed by atoms with Crippen LogP contribution >= 0.6 is 11.6 Å². The second kappa shape index (κ2) is 6.63. The quantitative estimate of drug-likeness (QED) is 0.862. The van der Waals surface area contributed by atoms with Gasteiger partial charge in [0.15, 0.2) is 0 Å². The van der Waals surface area contributed by atoms with Crippen molar-refractivity contribution in [2.45, 2.75) is 39.2 Å². The van der Waals surface area contributed by atoms with E-state index in [1.54, 1.807) is 6.07 Å². The van der Waals surface area contributed by atoms with E-state index < -0.39 is 0 Å². The van der Waals surface area contributed by atoms with Crippen LogP contribution in [0.15, 0.2) is 36.4 Å². The Labute approximate surface area is 142 Å².